The van der Waals surface area contributed by atoms with E-state index in [9.17, 15) is 0 Å². The molecule has 0 bridgehead atoms. The Morgan fingerprint density at radius 2 is 2.00 bits per heavy atom. The molecule has 2 heteroatoms. The monoisotopic (exact) mass is 221 g/mol. The quantitative estimate of drug-likeness (QED) is 0.815. The van der Waals surface area contributed by atoms with Gasteiger partial charge in [0, 0.05) is 6.04 Å². The molecule has 0 saturated heterocycles. The van der Waals surface area contributed by atoms with Crippen LogP contribution in [0.1, 0.15) is 32.8 Å². The summed E-state index contributed by atoms with van der Waals surface area (Å²) >= 11 is 0. The number of hydrogen-bond acceptors (Lipinski definition) is 2. The highest BCUT2D eigenvalue weighted by molar-refractivity contribution is 5.58. The van der Waals surface area contributed by atoms with Crippen LogP contribution in [0, 0.1) is 12.8 Å². The van der Waals surface area contributed by atoms with Crippen molar-refractivity contribution in [3.63, 3.8) is 0 Å². The molecule has 0 aliphatic heterocycles. The summed E-state index contributed by atoms with van der Waals surface area (Å²) in [7, 11) is 1.71. The van der Waals surface area contributed by atoms with Crippen LogP contribution in [-0.2, 0) is 0 Å². The molecule has 16 heavy (non-hydrogen) atoms. The summed E-state index contributed by atoms with van der Waals surface area (Å²) in [5.41, 5.74) is 2.34. The first-order valence-electron chi connectivity index (χ1n) is 5.99. The molecule has 0 aliphatic carbocycles. The summed E-state index contributed by atoms with van der Waals surface area (Å²) in [5.74, 6) is 1.57. The number of anilines is 1. The summed E-state index contributed by atoms with van der Waals surface area (Å²) in [5, 5.41) is 3.53. The van der Waals surface area contributed by atoms with Gasteiger partial charge in [0.15, 0.2) is 0 Å². The van der Waals surface area contributed by atoms with Crippen molar-refractivity contribution in [2.24, 2.45) is 5.92 Å². The summed E-state index contributed by atoms with van der Waals surface area (Å²) in [6.07, 6.45) is 1.18. The zero-order valence-electron chi connectivity index (χ0n) is 11.0. The van der Waals surface area contributed by atoms with Gasteiger partial charge in [-0.1, -0.05) is 26.3 Å². The van der Waals surface area contributed by atoms with E-state index in [1.165, 1.54) is 12.0 Å². The summed E-state index contributed by atoms with van der Waals surface area (Å²) < 4.78 is 5.35. The van der Waals surface area contributed by atoms with Crippen molar-refractivity contribution in [1.82, 2.24) is 0 Å². The minimum atomic E-state index is 0.459. The van der Waals surface area contributed by atoms with Crippen LogP contribution < -0.4 is 10.1 Å². The van der Waals surface area contributed by atoms with Crippen molar-refractivity contribution >= 4 is 5.69 Å². The lowest BCUT2D eigenvalue weighted by Gasteiger charge is -2.22. The van der Waals surface area contributed by atoms with Crippen molar-refractivity contribution < 1.29 is 4.74 Å². The molecule has 1 N–H and O–H groups in total. The van der Waals surface area contributed by atoms with E-state index in [-0.39, 0.29) is 0 Å². The predicted octanol–water partition coefficient (Wildman–Crippen LogP) is 3.85. The number of nitrogens with one attached hydrogen (secondary N) is 1. The molecule has 0 spiro atoms. The molecule has 0 aliphatic rings. The van der Waals surface area contributed by atoms with Crippen molar-refractivity contribution in [2.75, 3.05) is 12.4 Å². The third kappa shape index (κ3) is 3.16. The topological polar surface area (TPSA) is 21.3 Å². The molecule has 1 aromatic carbocycles. The van der Waals surface area contributed by atoms with Crippen LogP contribution in [0.25, 0.3) is 0 Å². The molecule has 0 fully saturated rings. The Bertz CT molecular complexity index is 336. The molecule has 2 unspecified atom stereocenters. The Balaban J connectivity index is 2.82. The van der Waals surface area contributed by atoms with Crippen LogP contribution in [0.2, 0.25) is 0 Å². The Morgan fingerprint density at radius 3 is 2.56 bits per heavy atom. The van der Waals surface area contributed by atoms with Gasteiger partial charge in [-0.2, -0.15) is 0 Å². The number of methoxy groups -OCH3 is 1. The molecular weight excluding hydrogens is 198 g/mol. The number of hydrogen-bond donors (Lipinski definition) is 1. The molecule has 1 aromatic rings. The Labute approximate surface area is 99.0 Å². The van der Waals surface area contributed by atoms with E-state index >= 15 is 0 Å². The van der Waals surface area contributed by atoms with Crippen LogP contribution in [-0.4, -0.2) is 13.2 Å². The predicted molar refractivity (Wildman–Crippen MR) is 70.3 cm³/mol. The van der Waals surface area contributed by atoms with Gasteiger partial charge >= 0.3 is 0 Å². The largest absolute Gasteiger partial charge is 0.495 e. The van der Waals surface area contributed by atoms with Gasteiger partial charge in [-0.15, -0.1) is 0 Å². The van der Waals surface area contributed by atoms with E-state index in [2.05, 4.69) is 45.1 Å². The molecule has 1 rings (SSSR count). The second-order valence-electron chi connectivity index (χ2n) is 4.52. The fraction of sp³-hybridized carbons (Fsp3) is 0.571. The molecule has 2 atom stereocenters. The van der Waals surface area contributed by atoms with E-state index in [1.807, 2.05) is 6.07 Å². The highest BCUT2D eigenvalue weighted by Gasteiger charge is 2.12. The van der Waals surface area contributed by atoms with Gasteiger partial charge in [-0.05, 0) is 37.5 Å². The molecular formula is C14H23NO. The maximum absolute atomic E-state index is 5.35. The van der Waals surface area contributed by atoms with Gasteiger partial charge in [0.1, 0.15) is 5.75 Å². The average Bonchev–Trinajstić information content (AvgIpc) is 2.28. The molecule has 0 saturated carbocycles. The molecule has 0 heterocycles. The van der Waals surface area contributed by atoms with Gasteiger partial charge in [0.25, 0.3) is 0 Å². The highest BCUT2D eigenvalue weighted by Crippen LogP contribution is 2.27. The normalized spacial score (nSPS) is 14.3. The first kappa shape index (κ1) is 12.9. The van der Waals surface area contributed by atoms with E-state index in [4.69, 9.17) is 4.74 Å². The number of rotatable bonds is 5. The van der Waals surface area contributed by atoms with Gasteiger partial charge in [-0.25, -0.2) is 0 Å². The van der Waals surface area contributed by atoms with Crippen molar-refractivity contribution in [3.8, 4) is 5.75 Å². The average molecular weight is 221 g/mol. The van der Waals surface area contributed by atoms with Gasteiger partial charge in [-0.3, -0.25) is 0 Å². The molecule has 2 nitrogen and oxygen atoms in total. The van der Waals surface area contributed by atoms with Crippen LogP contribution in [0.5, 0.6) is 5.75 Å². The minimum absolute atomic E-state index is 0.459. The smallest absolute Gasteiger partial charge is 0.141 e. The Kier molecular flexibility index (Phi) is 4.66. The third-order valence-corrected chi connectivity index (χ3v) is 3.24. The SMILES string of the molecule is CCC(C)C(C)Nc1cc(C)ccc1OC. The summed E-state index contributed by atoms with van der Waals surface area (Å²) in [4.78, 5) is 0. The van der Waals surface area contributed by atoms with E-state index in [1.54, 1.807) is 7.11 Å². The maximum Gasteiger partial charge on any atom is 0.141 e. The summed E-state index contributed by atoms with van der Waals surface area (Å²) in [6, 6.07) is 6.68. The summed E-state index contributed by atoms with van der Waals surface area (Å²) in [6.45, 7) is 8.80. The van der Waals surface area contributed by atoms with Crippen molar-refractivity contribution in [3.05, 3.63) is 23.8 Å². The number of ether oxygens (including phenoxy) is 1. The van der Waals surface area contributed by atoms with E-state index in [0.717, 1.165) is 11.4 Å². The number of aryl methyl sites for hydroxylation is 1. The standard InChI is InChI=1S/C14H23NO/c1-6-11(3)12(4)15-13-9-10(2)7-8-14(13)16-5/h7-9,11-12,15H,6H2,1-5H3. The molecule has 90 valence electrons. The van der Waals surface area contributed by atoms with Crippen LogP contribution in [0.15, 0.2) is 18.2 Å². The van der Waals surface area contributed by atoms with Crippen molar-refractivity contribution in [1.29, 1.82) is 0 Å². The van der Waals surface area contributed by atoms with E-state index < -0.39 is 0 Å². The van der Waals surface area contributed by atoms with Gasteiger partial charge < -0.3 is 10.1 Å². The first-order valence-corrected chi connectivity index (χ1v) is 5.99. The third-order valence-electron chi connectivity index (χ3n) is 3.24. The lowest BCUT2D eigenvalue weighted by atomic mass is 10.0. The Morgan fingerprint density at radius 1 is 1.31 bits per heavy atom. The van der Waals surface area contributed by atoms with Gasteiger partial charge in [0.2, 0.25) is 0 Å². The van der Waals surface area contributed by atoms with Crippen LogP contribution in [0.4, 0.5) is 5.69 Å². The lowest BCUT2D eigenvalue weighted by molar-refractivity contribution is 0.414. The highest BCUT2D eigenvalue weighted by atomic mass is 16.5. The zero-order chi connectivity index (χ0) is 12.1. The maximum atomic E-state index is 5.35. The van der Waals surface area contributed by atoms with E-state index in [0.29, 0.717) is 12.0 Å². The first-order chi connectivity index (χ1) is 7.58. The molecule has 0 aromatic heterocycles. The second kappa shape index (κ2) is 5.78. The fourth-order valence-electron chi connectivity index (χ4n) is 1.68. The Hall–Kier alpha value is -1.18. The molecule has 0 radical (unpaired) electrons. The molecule has 0 amide bonds. The number of benzene rings is 1. The lowest BCUT2D eigenvalue weighted by Crippen LogP contribution is -2.23. The van der Waals surface area contributed by atoms with Crippen LogP contribution in [0.3, 0.4) is 0 Å². The zero-order valence-corrected chi connectivity index (χ0v) is 11.0. The minimum Gasteiger partial charge on any atom is -0.495 e. The second-order valence-corrected chi connectivity index (χ2v) is 4.52. The van der Waals surface area contributed by atoms with Crippen LogP contribution >= 0.6 is 0 Å². The van der Waals surface area contributed by atoms with Crippen molar-refractivity contribution in [2.45, 2.75) is 40.2 Å². The van der Waals surface area contributed by atoms with Gasteiger partial charge in [0.05, 0.1) is 12.8 Å². The fourth-order valence-corrected chi connectivity index (χ4v) is 1.68.